The van der Waals surface area contributed by atoms with Crippen molar-refractivity contribution in [2.24, 2.45) is 5.89 Å². The highest BCUT2D eigenvalue weighted by Gasteiger charge is 2.18. The first kappa shape index (κ1) is 9.62. The summed E-state index contributed by atoms with van der Waals surface area (Å²) in [5.41, 5.74) is -5.28. The Hall–Kier alpha value is -1.71. The summed E-state index contributed by atoms with van der Waals surface area (Å²) in [7, 11) is -5.86. The van der Waals surface area contributed by atoms with Gasteiger partial charge in [0.25, 0.3) is 0 Å². The van der Waals surface area contributed by atoms with E-state index < -0.39 is 95.0 Å². The molecule has 1 aromatic rings. The summed E-state index contributed by atoms with van der Waals surface area (Å²) in [6.07, 6.45) is -0.837. The molecule has 1 fully saturated rings. The predicted molar refractivity (Wildman–Crippen MR) is 115 cm³/mol. The lowest BCUT2D eigenvalue weighted by molar-refractivity contribution is -0.114. The Balaban J connectivity index is 2.17. The summed E-state index contributed by atoms with van der Waals surface area (Å²) in [6.45, 7) is -10.1. The van der Waals surface area contributed by atoms with Gasteiger partial charge in [-0.3, -0.25) is 9.69 Å². The van der Waals surface area contributed by atoms with Crippen LogP contribution in [0.4, 0.5) is 15.8 Å². The molecule has 9 heteroatoms. The highest BCUT2D eigenvalue weighted by Crippen LogP contribution is 2.23. The van der Waals surface area contributed by atoms with Crippen LogP contribution in [0.2, 0.25) is 2.82 Å². The fraction of sp³-hybridized carbons (Fsp3) is 0.650. The van der Waals surface area contributed by atoms with Crippen LogP contribution in [0.15, 0.2) is 18.1 Å². The molecule has 2 rings (SSSR count). The van der Waals surface area contributed by atoms with Crippen molar-refractivity contribution in [2.75, 3.05) is 55.1 Å². The number of nitrogens with one attached hydrogen (secondary N) is 2. The number of hydrogen-bond acceptors (Lipinski definition) is 5. The molecular weight excluding hydrogens is 395 g/mol. The number of benzene rings is 1. The molecule has 29 heavy (non-hydrogen) atoms. The van der Waals surface area contributed by atoms with Crippen LogP contribution >= 0.6 is 0 Å². The van der Waals surface area contributed by atoms with Gasteiger partial charge >= 0.3 is 0 Å². The molecule has 1 amide bonds. The third-order valence-corrected chi connectivity index (χ3v) is 4.61. The first-order chi connectivity index (χ1) is 20.2. The van der Waals surface area contributed by atoms with E-state index in [4.69, 9.17) is 22.0 Å². The molecular formula is C20H33FN4O3S. The Morgan fingerprint density at radius 1 is 1.34 bits per heavy atom. The van der Waals surface area contributed by atoms with Gasteiger partial charge in [-0.15, -0.1) is 0 Å². The van der Waals surface area contributed by atoms with Crippen LogP contribution in [-0.2, 0) is 14.8 Å². The van der Waals surface area contributed by atoms with E-state index in [-0.39, 0.29) is 43.6 Å². The first-order valence-electron chi connectivity index (χ1n) is 16.7. The van der Waals surface area contributed by atoms with Gasteiger partial charge in [0.2, 0.25) is 15.9 Å². The Morgan fingerprint density at radius 2 is 2.07 bits per heavy atom. The second-order valence-electron chi connectivity index (χ2n) is 6.04. The van der Waals surface area contributed by atoms with Crippen molar-refractivity contribution >= 4 is 27.3 Å². The molecule has 1 aliphatic heterocycles. The van der Waals surface area contributed by atoms with Gasteiger partial charge in [0.15, 0.2) is 1.41 Å². The van der Waals surface area contributed by atoms with Crippen molar-refractivity contribution in [3.05, 3.63) is 23.9 Å². The van der Waals surface area contributed by atoms with Gasteiger partial charge in [-0.1, -0.05) is 13.7 Å². The minimum atomic E-state index is -5.86. The maximum absolute atomic E-state index is 14.7. The van der Waals surface area contributed by atoms with Gasteiger partial charge < -0.3 is 10.2 Å². The molecule has 7 nitrogen and oxygen atoms in total. The number of rotatable bonds is 10. The van der Waals surface area contributed by atoms with Crippen LogP contribution < -0.4 is 14.9 Å². The molecule has 1 aliphatic rings. The van der Waals surface area contributed by atoms with E-state index in [0.717, 1.165) is 6.92 Å². The molecule has 0 bridgehead atoms. The number of nitrogens with zero attached hydrogens (tertiary/aromatic N) is 2. The average Bonchev–Trinajstić information content (AvgIpc) is 2.92. The Bertz CT molecular complexity index is 1360. The number of piperazine rings is 1. The number of carbonyl (C=O) groups is 1. The highest BCUT2D eigenvalue weighted by atomic mass is 32.2. The van der Waals surface area contributed by atoms with Crippen LogP contribution in [-0.4, -0.2) is 64.2 Å². The molecule has 0 aliphatic carbocycles. The van der Waals surface area contributed by atoms with Crippen LogP contribution in [0.3, 0.4) is 0 Å². The van der Waals surface area contributed by atoms with Crippen molar-refractivity contribution < 1.29 is 39.6 Å². The third kappa shape index (κ3) is 8.67. The number of carbonyl (C=O) groups excluding carboxylic acids is 1. The van der Waals surface area contributed by atoms with E-state index in [0.29, 0.717) is 0 Å². The highest BCUT2D eigenvalue weighted by molar-refractivity contribution is 7.89. The summed E-state index contributed by atoms with van der Waals surface area (Å²) < 4.78 is 164. The van der Waals surface area contributed by atoms with E-state index in [1.165, 1.54) is 9.80 Å². The lowest BCUT2D eigenvalue weighted by Gasteiger charge is -2.36. The van der Waals surface area contributed by atoms with Crippen LogP contribution in [0.1, 0.15) is 52.7 Å². The quantitative estimate of drug-likeness (QED) is 0.579. The third-order valence-electron chi connectivity index (χ3n) is 3.72. The van der Waals surface area contributed by atoms with Crippen LogP contribution in [0.25, 0.3) is 0 Å². The number of anilines is 2. The summed E-state index contributed by atoms with van der Waals surface area (Å²) in [5, 5.41) is 0.182. The Kier molecular flexibility index (Phi) is 3.61. The van der Waals surface area contributed by atoms with Gasteiger partial charge in [-0.05, 0) is 43.4 Å². The maximum atomic E-state index is 14.7. The SMILES string of the molecule is [2H]c1c(F)c([2H])c(N([2H])C(C)=O)c([2H])c1N1CCN(C([2H])CCC([2H])N([2H])S(=O)(=O)C([2H])([2H])C([2H])(C([2H])([2H])[2H])C([2H])([2H])[2H])CC1. The lowest BCUT2D eigenvalue weighted by Crippen LogP contribution is -2.46. The van der Waals surface area contributed by atoms with Gasteiger partial charge in [0.1, 0.15) is 7.23 Å². The van der Waals surface area contributed by atoms with Gasteiger partial charge in [0, 0.05) is 66.1 Å². The van der Waals surface area contributed by atoms with Crippen molar-refractivity contribution in [1.82, 2.24) is 9.62 Å². The van der Waals surface area contributed by atoms with Gasteiger partial charge in [0.05, 0.1) is 9.82 Å². The normalized spacial score (nSPS) is 27.8. The monoisotopic (exact) mass is 444 g/mol. The van der Waals surface area contributed by atoms with Crippen molar-refractivity contribution in [3.8, 4) is 0 Å². The zero-order chi connectivity index (χ0) is 35.2. The molecule has 2 unspecified atom stereocenters. The molecule has 0 saturated carbocycles. The molecule has 164 valence electrons. The predicted octanol–water partition coefficient (Wildman–Crippen LogP) is 2.26. The molecule has 0 aromatic heterocycles. The fourth-order valence-electron chi connectivity index (χ4n) is 2.55. The number of halogens is 1. The Labute approximate surface area is 196 Å². The van der Waals surface area contributed by atoms with E-state index in [1.54, 1.807) is 0 Å². The molecule has 2 N–H and O–H groups in total. The number of amides is 1. The first-order valence-corrected chi connectivity index (χ1v) is 10.1. The van der Waals surface area contributed by atoms with E-state index in [2.05, 4.69) is 0 Å². The number of sulfonamides is 1. The summed E-state index contributed by atoms with van der Waals surface area (Å²) in [4.78, 5) is 14.6. The van der Waals surface area contributed by atoms with Crippen molar-refractivity contribution in [3.63, 3.8) is 0 Å². The van der Waals surface area contributed by atoms with Crippen LogP contribution in [0.5, 0.6) is 0 Å². The zero-order valence-electron chi connectivity index (χ0n) is 31.7. The minimum Gasteiger partial charge on any atom is -0.369 e. The van der Waals surface area contributed by atoms with E-state index in [9.17, 15) is 17.6 Å². The minimum absolute atomic E-state index is 0.0146. The molecule has 1 aromatic carbocycles. The van der Waals surface area contributed by atoms with Crippen molar-refractivity contribution in [2.45, 2.75) is 33.5 Å². The largest absolute Gasteiger partial charge is 0.369 e. The topological polar surface area (TPSA) is 81.8 Å². The fourth-order valence-corrected chi connectivity index (χ4v) is 3.16. The molecule has 0 spiro atoms. The van der Waals surface area contributed by atoms with E-state index in [1.807, 2.05) is 0 Å². The van der Waals surface area contributed by atoms with Crippen molar-refractivity contribution in [1.29, 1.82) is 0 Å². The van der Waals surface area contributed by atoms with Gasteiger partial charge in [-0.2, -0.15) is 0 Å². The zero-order valence-corrected chi connectivity index (χ0v) is 16.5. The second kappa shape index (κ2) is 10.9. The second-order valence-corrected chi connectivity index (χ2v) is 7.41. The smallest absolute Gasteiger partial charge is 0.221 e. The lowest BCUT2D eigenvalue weighted by atomic mass is 10.2. The van der Waals surface area contributed by atoms with Gasteiger partial charge in [-0.25, -0.2) is 17.5 Å². The molecule has 0 radical (unpaired) electrons. The molecule has 1 saturated heterocycles. The standard InChI is InChI=1S/C20H33FN4O3S/c1-16(2)15-29(27,28)22-6-4-5-7-24-8-10-25(11-9-24)20-13-18(21)12-19(14-20)23-17(3)26/h12-14,16,22H,4-11,15H2,1-3H3,(H,23,26)/i1D3,2D3,6D,7D,12D,13D,14D,15D2,16D/hD2. The average molecular weight is 445 g/mol. The van der Waals surface area contributed by atoms with E-state index >= 15 is 0 Å². The maximum Gasteiger partial charge on any atom is 0.221 e. The molecule has 2 atom stereocenters. The van der Waals surface area contributed by atoms with Crippen LogP contribution in [0, 0.1) is 11.7 Å². The summed E-state index contributed by atoms with van der Waals surface area (Å²) in [5.74, 6) is -6.44. The summed E-state index contributed by atoms with van der Waals surface area (Å²) >= 11 is 0. The number of hydrogen-bond donors (Lipinski definition) is 2. The summed E-state index contributed by atoms with van der Waals surface area (Å²) in [6, 6.07) is -2.34. The Morgan fingerprint density at radius 3 is 2.72 bits per heavy atom. The molecule has 1 heterocycles.